The van der Waals surface area contributed by atoms with Crippen molar-refractivity contribution in [1.82, 2.24) is 5.16 Å². The van der Waals surface area contributed by atoms with E-state index in [-0.39, 0.29) is 17.1 Å². The van der Waals surface area contributed by atoms with Gasteiger partial charge >= 0.3 is 0 Å². The lowest BCUT2D eigenvalue weighted by molar-refractivity contribution is -0.385. The Balaban J connectivity index is 2.41. The van der Waals surface area contributed by atoms with Crippen LogP contribution in [0.2, 0.25) is 0 Å². The number of nitrogens with zero attached hydrogens (tertiary/aromatic N) is 2. The first-order valence-electron chi connectivity index (χ1n) is 5.79. The second-order valence-electron chi connectivity index (χ2n) is 4.32. The van der Waals surface area contributed by atoms with Crippen LogP contribution < -0.4 is 11.1 Å². The molecule has 21 heavy (non-hydrogen) atoms. The monoisotopic (exact) mass is 294 g/mol. The van der Waals surface area contributed by atoms with E-state index >= 15 is 0 Å². The van der Waals surface area contributed by atoms with Crippen molar-refractivity contribution in [3.63, 3.8) is 0 Å². The zero-order chi connectivity index (χ0) is 15.7. The summed E-state index contributed by atoms with van der Waals surface area (Å²) in [6, 6.07) is 1.50. The van der Waals surface area contributed by atoms with Crippen LogP contribution in [0.4, 0.5) is 21.6 Å². The summed E-state index contributed by atoms with van der Waals surface area (Å²) in [6.45, 7) is 3.34. The first kappa shape index (κ1) is 14.4. The number of carbonyl (C=O) groups excluding carboxylic acids is 1. The number of carbonyl (C=O) groups is 1. The molecule has 0 aliphatic heterocycles. The summed E-state index contributed by atoms with van der Waals surface area (Å²) in [5, 5.41) is 16.9. The number of aromatic nitrogens is 1. The number of amides is 1. The van der Waals surface area contributed by atoms with E-state index < -0.39 is 22.3 Å². The van der Waals surface area contributed by atoms with Crippen molar-refractivity contribution in [1.29, 1.82) is 0 Å². The fraction of sp³-hybridized carbons (Fsp3) is 0.167. The van der Waals surface area contributed by atoms with E-state index in [0.717, 1.165) is 6.07 Å². The summed E-state index contributed by atoms with van der Waals surface area (Å²) in [5.41, 5.74) is 5.07. The Hall–Kier alpha value is -2.97. The van der Waals surface area contributed by atoms with Crippen molar-refractivity contribution < 1.29 is 18.6 Å². The largest absolute Gasteiger partial charge is 0.396 e. The first-order chi connectivity index (χ1) is 9.81. The molecular weight excluding hydrogens is 283 g/mol. The highest BCUT2D eigenvalue weighted by Crippen LogP contribution is 2.26. The SMILES string of the molecule is Cc1noc(NC(=O)c2cc(N)c(F)cc2[N+](=O)[O-])c1C. The third kappa shape index (κ3) is 2.66. The van der Waals surface area contributed by atoms with Gasteiger partial charge in [0, 0.05) is 5.56 Å². The fourth-order valence-electron chi connectivity index (χ4n) is 1.61. The lowest BCUT2D eigenvalue weighted by atomic mass is 10.1. The van der Waals surface area contributed by atoms with E-state index in [1.807, 2.05) is 0 Å². The molecular formula is C12H11FN4O4. The molecule has 0 atom stereocenters. The molecule has 1 amide bonds. The Kier molecular flexibility index (Phi) is 3.57. The molecule has 8 nitrogen and oxygen atoms in total. The smallest absolute Gasteiger partial charge is 0.285 e. The summed E-state index contributed by atoms with van der Waals surface area (Å²) in [6.07, 6.45) is 0. The molecule has 0 unspecified atom stereocenters. The van der Waals surface area contributed by atoms with E-state index in [1.165, 1.54) is 0 Å². The number of hydrogen-bond acceptors (Lipinski definition) is 6. The number of rotatable bonds is 3. The Morgan fingerprint density at radius 1 is 1.48 bits per heavy atom. The average Bonchev–Trinajstić information content (AvgIpc) is 2.73. The molecule has 1 aromatic carbocycles. The van der Waals surface area contributed by atoms with Gasteiger partial charge in [0.05, 0.1) is 22.4 Å². The molecule has 2 aromatic rings. The minimum absolute atomic E-state index is 0.0645. The van der Waals surface area contributed by atoms with Crippen molar-refractivity contribution in [2.45, 2.75) is 13.8 Å². The third-order valence-corrected chi connectivity index (χ3v) is 2.94. The molecule has 110 valence electrons. The molecule has 9 heteroatoms. The molecule has 1 heterocycles. The maximum absolute atomic E-state index is 13.3. The van der Waals surface area contributed by atoms with Crippen LogP contribution in [-0.2, 0) is 0 Å². The molecule has 0 aliphatic carbocycles. The van der Waals surface area contributed by atoms with Gasteiger partial charge in [0.25, 0.3) is 11.6 Å². The van der Waals surface area contributed by atoms with Crippen LogP contribution in [0.15, 0.2) is 16.7 Å². The minimum Gasteiger partial charge on any atom is -0.396 e. The molecule has 0 aliphatic rings. The maximum Gasteiger partial charge on any atom is 0.285 e. The maximum atomic E-state index is 13.3. The van der Waals surface area contributed by atoms with Gasteiger partial charge in [-0.15, -0.1) is 0 Å². The van der Waals surface area contributed by atoms with Crippen LogP contribution in [0.3, 0.4) is 0 Å². The van der Waals surface area contributed by atoms with Gasteiger partial charge in [-0.3, -0.25) is 20.2 Å². The summed E-state index contributed by atoms with van der Waals surface area (Å²) in [7, 11) is 0. The summed E-state index contributed by atoms with van der Waals surface area (Å²) in [5.74, 6) is -1.74. The second kappa shape index (κ2) is 5.19. The molecule has 0 bridgehead atoms. The standard InChI is InChI=1S/C12H11FN4O4/c1-5-6(2)16-21-12(5)15-11(18)7-3-9(14)8(13)4-10(7)17(19)20/h3-4H,14H2,1-2H3,(H,15,18). The Morgan fingerprint density at radius 3 is 2.67 bits per heavy atom. The number of nitro groups is 1. The highest BCUT2D eigenvalue weighted by atomic mass is 19.1. The van der Waals surface area contributed by atoms with Gasteiger partial charge in [-0.05, 0) is 19.9 Å². The van der Waals surface area contributed by atoms with Gasteiger partial charge < -0.3 is 10.3 Å². The van der Waals surface area contributed by atoms with Gasteiger partial charge in [0.1, 0.15) is 5.56 Å². The zero-order valence-corrected chi connectivity index (χ0v) is 11.1. The minimum atomic E-state index is -0.968. The molecule has 0 fully saturated rings. The quantitative estimate of drug-likeness (QED) is 0.507. The number of aryl methyl sites for hydroxylation is 1. The molecule has 2 rings (SSSR count). The van der Waals surface area contributed by atoms with Crippen LogP contribution in [-0.4, -0.2) is 16.0 Å². The number of nitro benzene ring substituents is 1. The molecule has 1 aromatic heterocycles. The summed E-state index contributed by atoms with van der Waals surface area (Å²) < 4.78 is 18.2. The van der Waals surface area contributed by atoms with Gasteiger partial charge in [0.15, 0.2) is 5.82 Å². The normalized spacial score (nSPS) is 10.4. The number of benzene rings is 1. The zero-order valence-electron chi connectivity index (χ0n) is 11.1. The molecule has 0 radical (unpaired) electrons. The van der Waals surface area contributed by atoms with Crippen molar-refractivity contribution in [2.75, 3.05) is 11.1 Å². The van der Waals surface area contributed by atoms with E-state index in [2.05, 4.69) is 10.5 Å². The van der Waals surface area contributed by atoms with E-state index in [4.69, 9.17) is 10.3 Å². The van der Waals surface area contributed by atoms with Gasteiger partial charge in [-0.25, -0.2) is 4.39 Å². The summed E-state index contributed by atoms with van der Waals surface area (Å²) >= 11 is 0. The van der Waals surface area contributed by atoms with Gasteiger partial charge in [-0.1, -0.05) is 5.16 Å². The van der Waals surface area contributed by atoms with E-state index in [0.29, 0.717) is 17.3 Å². The lowest BCUT2D eigenvalue weighted by Crippen LogP contribution is -2.15. The van der Waals surface area contributed by atoms with Crippen molar-refractivity contribution in [3.8, 4) is 0 Å². The highest BCUT2D eigenvalue weighted by molar-refractivity contribution is 6.07. The second-order valence-corrected chi connectivity index (χ2v) is 4.32. The van der Waals surface area contributed by atoms with Crippen LogP contribution in [0.1, 0.15) is 21.6 Å². The van der Waals surface area contributed by atoms with Gasteiger partial charge in [-0.2, -0.15) is 0 Å². The van der Waals surface area contributed by atoms with Crippen molar-refractivity contribution in [2.24, 2.45) is 0 Å². The number of hydrogen-bond donors (Lipinski definition) is 2. The Bertz CT molecular complexity index is 741. The average molecular weight is 294 g/mol. The predicted octanol–water partition coefficient (Wildman–Crippen LogP) is 2.17. The molecule has 0 spiro atoms. The number of nitrogens with two attached hydrogens (primary N) is 1. The number of nitrogens with one attached hydrogen (secondary N) is 1. The first-order valence-corrected chi connectivity index (χ1v) is 5.79. The van der Waals surface area contributed by atoms with Crippen LogP contribution in [0.25, 0.3) is 0 Å². The van der Waals surface area contributed by atoms with E-state index in [1.54, 1.807) is 13.8 Å². The summed E-state index contributed by atoms with van der Waals surface area (Å²) in [4.78, 5) is 22.1. The number of halogens is 1. The van der Waals surface area contributed by atoms with Crippen LogP contribution >= 0.6 is 0 Å². The van der Waals surface area contributed by atoms with E-state index in [9.17, 15) is 19.3 Å². The molecule has 0 saturated heterocycles. The van der Waals surface area contributed by atoms with Gasteiger partial charge in [0.2, 0.25) is 5.88 Å². The topological polar surface area (TPSA) is 124 Å². The molecule has 0 saturated carbocycles. The number of anilines is 2. The third-order valence-electron chi connectivity index (χ3n) is 2.94. The predicted molar refractivity (Wildman–Crippen MR) is 71.4 cm³/mol. The Morgan fingerprint density at radius 2 is 2.14 bits per heavy atom. The highest BCUT2D eigenvalue weighted by Gasteiger charge is 2.24. The Labute approximate surface area is 117 Å². The van der Waals surface area contributed by atoms with Crippen LogP contribution in [0, 0.1) is 29.8 Å². The number of nitrogen functional groups attached to an aromatic ring is 1. The van der Waals surface area contributed by atoms with Crippen LogP contribution in [0.5, 0.6) is 0 Å². The lowest BCUT2D eigenvalue weighted by Gasteiger charge is -2.05. The fourth-order valence-corrected chi connectivity index (χ4v) is 1.61. The van der Waals surface area contributed by atoms with Crippen molar-refractivity contribution in [3.05, 3.63) is 44.9 Å². The van der Waals surface area contributed by atoms with Crippen molar-refractivity contribution >= 4 is 23.2 Å². The molecule has 3 N–H and O–H groups in total.